The molecule has 0 saturated heterocycles. The van der Waals surface area contributed by atoms with Gasteiger partial charge in [-0.3, -0.25) is 0 Å². The maximum absolute atomic E-state index is 13.4. The van der Waals surface area contributed by atoms with Gasteiger partial charge in [-0.05, 0) is 65.5 Å². The molecule has 1 heterocycles. The molecular weight excluding hydrogens is 325 g/mol. The van der Waals surface area contributed by atoms with Crippen LogP contribution in [0.15, 0.2) is 39.5 Å². The summed E-state index contributed by atoms with van der Waals surface area (Å²) in [6.07, 6.45) is 1.89. The van der Waals surface area contributed by atoms with Crippen LogP contribution < -0.4 is 5.32 Å². The van der Waals surface area contributed by atoms with Crippen molar-refractivity contribution in [3.63, 3.8) is 0 Å². The first-order valence-corrected chi connectivity index (χ1v) is 8.13. The molecule has 1 N–H and O–H groups in total. The lowest BCUT2D eigenvalue weighted by Crippen LogP contribution is -2.23. The highest BCUT2D eigenvalue weighted by molar-refractivity contribution is 9.10. The van der Waals surface area contributed by atoms with Crippen LogP contribution in [0.3, 0.4) is 0 Å². The summed E-state index contributed by atoms with van der Waals surface area (Å²) in [4.78, 5) is 0. The third-order valence-corrected chi connectivity index (χ3v) is 4.11. The van der Waals surface area contributed by atoms with E-state index in [9.17, 15) is 4.39 Å². The van der Waals surface area contributed by atoms with E-state index in [0.717, 1.165) is 29.4 Å². The van der Waals surface area contributed by atoms with Crippen LogP contribution in [0.5, 0.6) is 0 Å². The minimum absolute atomic E-state index is 0.191. The second-order valence-corrected chi connectivity index (χ2v) is 6.24. The summed E-state index contributed by atoms with van der Waals surface area (Å²) in [5.41, 5.74) is 2.28. The van der Waals surface area contributed by atoms with Crippen molar-refractivity contribution in [2.24, 2.45) is 0 Å². The minimum Gasteiger partial charge on any atom is -0.310 e. The first kappa shape index (κ1) is 14.7. The number of halogens is 2. The van der Waals surface area contributed by atoms with E-state index in [0.29, 0.717) is 0 Å². The molecule has 1 nitrogen and oxygen atoms in total. The molecule has 0 fully saturated rings. The topological polar surface area (TPSA) is 12.0 Å². The molecule has 1 aromatic carbocycles. The van der Waals surface area contributed by atoms with Gasteiger partial charge in [0.2, 0.25) is 0 Å². The molecule has 1 aromatic heterocycles. The van der Waals surface area contributed by atoms with E-state index in [1.165, 1.54) is 11.6 Å². The summed E-state index contributed by atoms with van der Waals surface area (Å²) >= 11 is 5.04. The number of nitrogens with one attached hydrogen (secondary N) is 1. The number of rotatable bonds is 6. The summed E-state index contributed by atoms with van der Waals surface area (Å²) in [5, 5.41) is 7.76. The Morgan fingerprint density at radius 1 is 1.37 bits per heavy atom. The van der Waals surface area contributed by atoms with Crippen molar-refractivity contribution in [1.82, 2.24) is 5.32 Å². The van der Waals surface area contributed by atoms with E-state index in [-0.39, 0.29) is 11.9 Å². The van der Waals surface area contributed by atoms with E-state index in [2.05, 4.69) is 45.0 Å². The van der Waals surface area contributed by atoms with Gasteiger partial charge < -0.3 is 5.32 Å². The van der Waals surface area contributed by atoms with E-state index in [4.69, 9.17) is 0 Å². The average molecular weight is 342 g/mol. The lowest BCUT2D eigenvalue weighted by Gasteiger charge is -2.18. The van der Waals surface area contributed by atoms with Crippen molar-refractivity contribution in [3.8, 4) is 0 Å². The SMILES string of the molecule is CCCNC(Cc1cc(F)cc(Br)c1)c1ccsc1. The van der Waals surface area contributed by atoms with Crippen LogP contribution in [0, 0.1) is 5.82 Å². The first-order valence-electron chi connectivity index (χ1n) is 6.39. The second kappa shape index (κ2) is 7.17. The Hall–Kier alpha value is -0.710. The number of thiophene rings is 1. The molecule has 19 heavy (non-hydrogen) atoms. The van der Waals surface area contributed by atoms with Crippen LogP contribution in [-0.2, 0) is 6.42 Å². The molecule has 0 amide bonds. The molecule has 4 heteroatoms. The Balaban J connectivity index is 2.15. The molecular formula is C15H17BrFNS. The molecule has 1 atom stereocenters. The van der Waals surface area contributed by atoms with Crippen LogP contribution in [0.2, 0.25) is 0 Å². The largest absolute Gasteiger partial charge is 0.310 e. The van der Waals surface area contributed by atoms with Crippen LogP contribution in [0.4, 0.5) is 4.39 Å². The summed E-state index contributed by atoms with van der Waals surface area (Å²) < 4.78 is 14.2. The van der Waals surface area contributed by atoms with Crippen molar-refractivity contribution in [2.75, 3.05) is 6.54 Å². The van der Waals surface area contributed by atoms with Crippen LogP contribution in [0.1, 0.15) is 30.5 Å². The maximum atomic E-state index is 13.4. The third kappa shape index (κ3) is 4.41. The zero-order valence-corrected chi connectivity index (χ0v) is 13.2. The van der Waals surface area contributed by atoms with Gasteiger partial charge in [-0.2, -0.15) is 11.3 Å². The smallest absolute Gasteiger partial charge is 0.124 e. The normalized spacial score (nSPS) is 12.6. The average Bonchev–Trinajstić information content (AvgIpc) is 2.87. The zero-order valence-electron chi connectivity index (χ0n) is 10.8. The Bertz CT molecular complexity index is 493. The predicted octanol–water partition coefficient (Wildman–Crippen LogP) is 4.93. The van der Waals surface area contributed by atoms with E-state index in [1.54, 1.807) is 17.4 Å². The standard InChI is InChI=1S/C15H17BrFNS/c1-2-4-18-15(12-3-5-19-10-12)8-11-6-13(16)9-14(17)7-11/h3,5-7,9-10,15,18H,2,4,8H2,1H3. The predicted molar refractivity (Wildman–Crippen MR) is 83.2 cm³/mol. The third-order valence-electron chi connectivity index (χ3n) is 2.95. The van der Waals surface area contributed by atoms with Gasteiger partial charge in [0.1, 0.15) is 5.82 Å². The molecule has 0 saturated carbocycles. The van der Waals surface area contributed by atoms with E-state index in [1.807, 2.05) is 6.07 Å². The van der Waals surface area contributed by atoms with Crippen molar-refractivity contribution >= 4 is 27.3 Å². The summed E-state index contributed by atoms with van der Waals surface area (Å²) in [7, 11) is 0. The molecule has 1 unspecified atom stereocenters. The quantitative estimate of drug-likeness (QED) is 0.785. The fraction of sp³-hybridized carbons (Fsp3) is 0.333. The molecule has 0 aliphatic heterocycles. The Morgan fingerprint density at radius 3 is 2.84 bits per heavy atom. The first-order chi connectivity index (χ1) is 9.19. The fourth-order valence-corrected chi connectivity index (χ4v) is 3.29. The molecule has 0 bridgehead atoms. The van der Waals surface area contributed by atoms with Crippen LogP contribution >= 0.6 is 27.3 Å². The lowest BCUT2D eigenvalue weighted by molar-refractivity contribution is 0.528. The molecule has 0 aliphatic carbocycles. The summed E-state index contributed by atoms with van der Waals surface area (Å²) in [5.74, 6) is -0.191. The Labute approximate surface area is 126 Å². The van der Waals surface area contributed by atoms with E-state index < -0.39 is 0 Å². The van der Waals surface area contributed by atoms with Crippen molar-refractivity contribution in [1.29, 1.82) is 0 Å². The Kier molecular flexibility index (Phi) is 5.55. The Morgan fingerprint density at radius 2 is 2.21 bits per heavy atom. The lowest BCUT2D eigenvalue weighted by atomic mass is 10.0. The van der Waals surface area contributed by atoms with Crippen molar-refractivity contribution in [2.45, 2.75) is 25.8 Å². The summed E-state index contributed by atoms with van der Waals surface area (Å²) in [6, 6.07) is 7.46. The van der Waals surface area contributed by atoms with Crippen molar-refractivity contribution in [3.05, 3.63) is 56.4 Å². The van der Waals surface area contributed by atoms with E-state index >= 15 is 0 Å². The van der Waals surface area contributed by atoms with Gasteiger partial charge in [0.05, 0.1) is 0 Å². The summed E-state index contributed by atoms with van der Waals surface area (Å²) in [6.45, 7) is 3.12. The molecule has 0 aliphatic rings. The zero-order chi connectivity index (χ0) is 13.7. The molecule has 0 radical (unpaired) electrons. The minimum atomic E-state index is -0.191. The van der Waals surface area contributed by atoms with Gasteiger partial charge >= 0.3 is 0 Å². The molecule has 0 spiro atoms. The highest BCUT2D eigenvalue weighted by Gasteiger charge is 2.12. The van der Waals surface area contributed by atoms with Gasteiger partial charge in [-0.15, -0.1) is 0 Å². The molecule has 2 aromatic rings. The van der Waals surface area contributed by atoms with Gasteiger partial charge in [-0.25, -0.2) is 4.39 Å². The number of benzene rings is 1. The fourth-order valence-electron chi connectivity index (χ4n) is 2.06. The number of hydrogen-bond donors (Lipinski definition) is 1. The van der Waals surface area contributed by atoms with Gasteiger partial charge in [-0.1, -0.05) is 22.9 Å². The highest BCUT2D eigenvalue weighted by atomic mass is 79.9. The van der Waals surface area contributed by atoms with Crippen LogP contribution in [-0.4, -0.2) is 6.54 Å². The molecule has 2 rings (SSSR count). The van der Waals surface area contributed by atoms with Gasteiger partial charge in [0.25, 0.3) is 0 Å². The second-order valence-electron chi connectivity index (χ2n) is 4.55. The number of hydrogen-bond acceptors (Lipinski definition) is 2. The van der Waals surface area contributed by atoms with Crippen molar-refractivity contribution < 1.29 is 4.39 Å². The molecule has 102 valence electrons. The van der Waals surface area contributed by atoms with Gasteiger partial charge in [0.15, 0.2) is 0 Å². The monoisotopic (exact) mass is 341 g/mol. The highest BCUT2D eigenvalue weighted by Crippen LogP contribution is 2.23. The van der Waals surface area contributed by atoms with Gasteiger partial charge in [0, 0.05) is 10.5 Å². The maximum Gasteiger partial charge on any atom is 0.124 e. The van der Waals surface area contributed by atoms with Crippen LogP contribution in [0.25, 0.3) is 0 Å².